The van der Waals surface area contributed by atoms with Gasteiger partial charge in [-0.15, -0.1) is 11.8 Å². The molecular formula is C19H18N6O8S2. The van der Waals surface area contributed by atoms with E-state index >= 15 is 0 Å². The lowest BCUT2D eigenvalue weighted by molar-refractivity contribution is -0.150. The molecule has 2 unspecified atom stereocenters. The number of oxime groups is 1. The highest BCUT2D eigenvalue weighted by Gasteiger charge is 2.54. The van der Waals surface area contributed by atoms with Gasteiger partial charge in [-0.3, -0.25) is 33.9 Å². The molecule has 0 spiro atoms. The van der Waals surface area contributed by atoms with Gasteiger partial charge in [0.25, 0.3) is 11.8 Å². The van der Waals surface area contributed by atoms with Gasteiger partial charge < -0.3 is 19.7 Å². The summed E-state index contributed by atoms with van der Waals surface area (Å²) < 4.78 is 6.44. The lowest BCUT2D eigenvalue weighted by atomic mass is 10.0. The number of β-lactam (4-membered cyclic amide) rings is 1. The van der Waals surface area contributed by atoms with Crippen LogP contribution in [0.1, 0.15) is 5.76 Å². The molecule has 0 aromatic carbocycles. The van der Waals surface area contributed by atoms with Crippen LogP contribution in [0.4, 0.5) is 0 Å². The summed E-state index contributed by atoms with van der Waals surface area (Å²) in [6.07, 6.45) is 1.35. The summed E-state index contributed by atoms with van der Waals surface area (Å²) in [6.45, 7) is 0. The molecule has 2 aromatic heterocycles. The summed E-state index contributed by atoms with van der Waals surface area (Å²) in [5.41, 5.74) is -1.76. The molecule has 14 nitrogen and oxygen atoms in total. The third-order valence-corrected chi connectivity index (χ3v) is 7.47. The number of carboxylic acids is 1. The number of rotatable bonds is 8. The summed E-state index contributed by atoms with van der Waals surface area (Å²) in [5.74, 6) is -2.11. The molecule has 0 aliphatic carbocycles. The molecule has 2 aliphatic rings. The van der Waals surface area contributed by atoms with Gasteiger partial charge in [0.1, 0.15) is 24.2 Å². The van der Waals surface area contributed by atoms with Gasteiger partial charge in [0, 0.05) is 18.6 Å². The first-order valence-electron chi connectivity index (χ1n) is 9.89. The Morgan fingerprint density at radius 2 is 2.20 bits per heavy atom. The number of carbonyl (C=O) groups excluding carboxylic acids is 2. The summed E-state index contributed by atoms with van der Waals surface area (Å²) in [5, 5.41) is 17.9. The molecule has 2 aliphatic heterocycles. The van der Waals surface area contributed by atoms with E-state index in [-0.39, 0.29) is 33.8 Å². The van der Waals surface area contributed by atoms with Crippen molar-refractivity contribution in [1.82, 2.24) is 25.0 Å². The van der Waals surface area contributed by atoms with E-state index in [9.17, 15) is 29.1 Å². The normalized spacial score (nSPS) is 19.8. The predicted molar refractivity (Wildman–Crippen MR) is 123 cm³/mol. The number of H-pyrrole nitrogens is 1. The van der Waals surface area contributed by atoms with Gasteiger partial charge in [-0.25, -0.2) is 4.79 Å². The second-order valence-electron chi connectivity index (χ2n) is 7.21. The zero-order chi connectivity index (χ0) is 25.3. The molecule has 4 rings (SSSR count). The number of nitrogens with zero attached hydrogens (tertiary/aromatic N) is 4. The Morgan fingerprint density at radius 3 is 2.86 bits per heavy atom. The average Bonchev–Trinajstić information content (AvgIpc) is 3.36. The number of carbonyl (C=O) groups is 3. The van der Waals surface area contributed by atoms with E-state index in [1.54, 1.807) is 6.07 Å². The predicted octanol–water partition coefficient (Wildman–Crippen LogP) is -1.06. The fraction of sp³-hybridized carbons (Fsp3) is 0.316. The highest BCUT2D eigenvalue weighted by atomic mass is 32.2. The minimum absolute atomic E-state index is 0.109. The molecule has 1 saturated heterocycles. The summed E-state index contributed by atoms with van der Waals surface area (Å²) >= 11 is 2.32. The van der Waals surface area contributed by atoms with E-state index in [2.05, 4.69) is 20.6 Å². The lowest BCUT2D eigenvalue weighted by Crippen LogP contribution is -2.71. The Balaban J connectivity index is 1.51. The van der Waals surface area contributed by atoms with Crippen LogP contribution in [0.3, 0.4) is 0 Å². The lowest BCUT2D eigenvalue weighted by Gasteiger charge is -2.49. The number of amides is 2. The van der Waals surface area contributed by atoms with E-state index in [4.69, 9.17) is 9.25 Å². The van der Waals surface area contributed by atoms with E-state index in [0.717, 1.165) is 16.7 Å². The molecule has 16 heteroatoms. The molecular weight excluding hydrogens is 504 g/mol. The number of carboxylic acid groups (broad SMARTS) is 1. The standard InChI is InChI=1S/C19H18N6O8S2/c1-24-19(21-14(27)15(28)22-24)35-7-8-6-34-17-11(16(29)25(17)12(8)18(30)31)20-13(26)10(23-32-2)9-4-3-5-33-9/h3-5,11,17H,6-7H2,1-2H3,(H,20,26)(H,22,28)(H,30,31)/b23-10-. The summed E-state index contributed by atoms with van der Waals surface area (Å²) in [7, 11) is 2.75. The van der Waals surface area contributed by atoms with Gasteiger partial charge >= 0.3 is 17.1 Å². The molecule has 0 saturated carbocycles. The molecule has 0 radical (unpaired) electrons. The number of aromatic nitrogens is 3. The molecule has 2 amide bonds. The van der Waals surface area contributed by atoms with Crippen LogP contribution in [0.15, 0.2) is 54.0 Å². The monoisotopic (exact) mass is 522 g/mol. The second-order valence-corrected chi connectivity index (χ2v) is 9.25. The molecule has 35 heavy (non-hydrogen) atoms. The Hall–Kier alpha value is -3.79. The van der Waals surface area contributed by atoms with Crippen LogP contribution in [0.2, 0.25) is 0 Å². The van der Waals surface area contributed by atoms with Crippen molar-refractivity contribution in [2.45, 2.75) is 16.6 Å². The van der Waals surface area contributed by atoms with Crippen molar-refractivity contribution in [3.63, 3.8) is 0 Å². The van der Waals surface area contributed by atoms with E-state index < -0.39 is 40.3 Å². The highest BCUT2D eigenvalue weighted by Crippen LogP contribution is 2.41. The first-order chi connectivity index (χ1) is 16.7. The van der Waals surface area contributed by atoms with Gasteiger partial charge in [-0.05, 0) is 17.7 Å². The van der Waals surface area contributed by atoms with Crippen molar-refractivity contribution in [1.29, 1.82) is 0 Å². The van der Waals surface area contributed by atoms with Gasteiger partial charge in [0.2, 0.25) is 5.71 Å². The van der Waals surface area contributed by atoms with Crippen molar-refractivity contribution in [2.75, 3.05) is 18.6 Å². The van der Waals surface area contributed by atoms with Gasteiger partial charge in [-0.1, -0.05) is 16.9 Å². The van der Waals surface area contributed by atoms with Crippen LogP contribution >= 0.6 is 23.5 Å². The smallest absolute Gasteiger partial charge is 0.352 e. The number of hydrogen-bond donors (Lipinski definition) is 3. The van der Waals surface area contributed by atoms with Crippen LogP contribution in [0, 0.1) is 0 Å². The van der Waals surface area contributed by atoms with Crippen LogP contribution < -0.4 is 16.4 Å². The SMILES string of the molecule is CO/N=C(\C(=O)NC1C(=O)N2C(C(=O)O)=C(CSc3nc(=O)c(=O)[nH]n3C)CSC12)c1ccco1. The Bertz CT molecular complexity index is 1360. The Labute approximate surface area is 204 Å². The number of aliphatic carboxylic acids is 1. The highest BCUT2D eigenvalue weighted by molar-refractivity contribution is 8.01. The molecule has 4 heterocycles. The second kappa shape index (κ2) is 9.83. The molecule has 3 N–H and O–H groups in total. The zero-order valence-corrected chi connectivity index (χ0v) is 19.8. The summed E-state index contributed by atoms with van der Waals surface area (Å²) in [4.78, 5) is 70.0. The molecule has 1 fully saturated rings. The van der Waals surface area contributed by atoms with E-state index in [0.29, 0.717) is 5.57 Å². The average molecular weight is 523 g/mol. The number of furan rings is 1. The maximum Gasteiger partial charge on any atom is 0.352 e. The third-order valence-electron chi connectivity index (χ3n) is 5.01. The van der Waals surface area contributed by atoms with Crippen molar-refractivity contribution < 1.29 is 28.7 Å². The number of aromatic amines is 1. The Morgan fingerprint density at radius 1 is 1.43 bits per heavy atom. The van der Waals surface area contributed by atoms with Crippen LogP contribution in [0.25, 0.3) is 0 Å². The summed E-state index contributed by atoms with van der Waals surface area (Å²) in [6, 6.07) is 2.09. The number of thioether (sulfide) groups is 2. The Kier molecular flexibility index (Phi) is 6.83. The number of fused-ring (bicyclic) bond motifs is 1. The van der Waals surface area contributed by atoms with E-state index in [1.807, 2.05) is 0 Å². The maximum atomic E-state index is 12.9. The van der Waals surface area contributed by atoms with Gasteiger partial charge in [0.15, 0.2) is 10.9 Å². The number of nitrogens with one attached hydrogen (secondary N) is 2. The van der Waals surface area contributed by atoms with Crippen molar-refractivity contribution >= 4 is 47.0 Å². The van der Waals surface area contributed by atoms with Crippen LogP contribution in [0.5, 0.6) is 0 Å². The van der Waals surface area contributed by atoms with Crippen molar-refractivity contribution in [3.8, 4) is 0 Å². The van der Waals surface area contributed by atoms with Gasteiger partial charge in [-0.2, -0.15) is 4.98 Å². The number of hydrogen-bond acceptors (Lipinski definition) is 11. The fourth-order valence-electron chi connectivity index (χ4n) is 3.45. The minimum atomic E-state index is -1.30. The van der Waals surface area contributed by atoms with Crippen molar-refractivity contribution in [3.05, 3.63) is 56.1 Å². The van der Waals surface area contributed by atoms with Gasteiger partial charge in [0.05, 0.1) is 6.26 Å². The van der Waals surface area contributed by atoms with Crippen LogP contribution in [-0.2, 0) is 26.3 Å². The maximum absolute atomic E-state index is 12.9. The first kappa shape index (κ1) is 24.3. The molecule has 2 atom stereocenters. The van der Waals surface area contributed by atoms with E-state index in [1.165, 1.54) is 42.9 Å². The zero-order valence-electron chi connectivity index (χ0n) is 18.2. The minimum Gasteiger partial charge on any atom is -0.477 e. The largest absolute Gasteiger partial charge is 0.477 e. The van der Waals surface area contributed by atoms with Crippen LogP contribution in [-0.4, -0.2) is 78.3 Å². The molecule has 2 aromatic rings. The fourth-order valence-corrected chi connectivity index (χ4v) is 5.85. The molecule has 184 valence electrons. The number of aryl methyl sites for hydroxylation is 1. The quantitative estimate of drug-likeness (QED) is 0.126. The third kappa shape index (κ3) is 4.61. The molecule has 0 bridgehead atoms. The topological polar surface area (TPSA) is 189 Å². The first-order valence-corrected chi connectivity index (χ1v) is 11.9. The van der Waals surface area contributed by atoms with Crippen molar-refractivity contribution in [2.24, 2.45) is 12.2 Å².